The second-order valence-electron chi connectivity index (χ2n) is 9.27. The van der Waals surface area contributed by atoms with Crippen molar-refractivity contribution in [3.63, 3.8) is 0 Å². The van der Waals surface area contributed by atoms with Gasteiger partial charge in [0.1, 0.15) is 0 Å². The molecule has 176 valence electrons. The monoisotopic (exact) mass is 442 g/mol. The number of benzene rings is 1. The number of hydrogen-bond donors (Lipinski definition) is 2. The predicted octanol–water partition coefficient (Wildman–Crippen LogP) is 3.25. The van der Waals surface area contributed by atoms with E-state index in [0.717, 1.165) is 44.2 Å². The zero-order chi connectivity index (χ0) is 23.1. The van der Waals surface area contributed by atoms with E-state index >= 15 is 0 Å². The number of nitrogens with one attached hydrogen (secondary N) is 2. The number of rotatable bonds is 8. The van der Waals surface area contributed by atoms with Crippen molar-refractivity contribution in [3.8, 4) is 0 Å². The van der Waals surface area contributed by atoms with E-state index in [2.05, 4.69) is 41.8 Å². The zero-order valence-electron chi connectivity index (χ0n) is 19.7. The van der Waals surface area contributed by atoms with Gasteiger partial charge in [-0.25, -0.2) is 4.79 Å². The Morgan fingerprint density at radius 3 is 2.53 bits per heavy atom. The van der Waals surface area contributed by atoms with Gasteiger partial charge in [-0.1, -0.05) is 31.2 Å². The molecule has 2 heterocycles. The first-order valence-corrected chi connectivity index (χ1v) is 12.1. The van der Waals surface area contributed by atoms with E-state index in [4.69, 9.17) is 0 Å². The van der Waals surface area contributed by atoms with Gasteiger partial charge in [-0.15, -0.1) is 0 Å². The topological polar surface area (TPSA) is 81.8 Å². The molecule has 3 rings (SSSR count). The fourth-order valence-corrected chi connectivity index (χ4v) is 4.63. The van der Waals surface area contributed by atoms with Crippen LogP contribution in [0.3, 0.4) is 0 Å². The molecule has 0 aliphatic carbocycles. The Hall–Kier alpha value is -2.57. The quantitative estimate of drug-likeness (QED) is 0.607. The van der Waals surface area contributed by atoms with Crippen LogP contribution in [0.15, 0.2) is 24.3 Å². The number of piperidine rings is 1. The third-order valence-corrected chi connectivity index (χ3v) is 6.47. The smallest absolute Gasteiger partial charge is 0.318 e. The zero-order valence-corrected chi connectivity index (χ0v) is 19.7. The molecule has 1 aromatic rings. The highest BCUT2D eigenvalue weighted by molar-refractivity contribution is 5.81. The summed E-state index contributed by atoms with van der Waals surface area (Å²) in [6, 6.07) is 8.36. The van der Waals surface area contributed by atoms with Crippen molar-refractivity contribution < 1.29 is 14.4 Å². The lowest BCUT2D eigenvalue weighted by Crippen LogP contribution is -2.51. The number of nitrogens with zero attached hydrogens (tertiary/aromatic N) is 2. The molecule has 0 bridgehead atoms. The normalized spacial score (nSPS) is 21.2. The molecule has 4 amide bonds. The average molecular weight is 443 g/mol. The summed E-state index contributed by atoms with van der Waals surface area (Å²) in [7, 11) is 0. The molecule has 2 unspecified atom stereocenters. The van der Waals surface area contributed by atoms with Crippen LogP contribution in [0.25, 0.3) is 0 Å². The number of likely N-dealkylation sites (tertiary alicyclic amines) is 2. The Balaban J connectivity index is 1.58. The van der Waals surface area contributed by atoms with Crippen molar-refractivity contribution in [3.05, 3.63) is 35.4 Å². The Morgan fingerprint density at radius 1 is 1.16 bits per heavy atom. The number of carbonyl (C=O) groups is 3. The first-order chi connectivity index (χ1) is 15.4. The predicted molar refractivity (Wildman–Crippen MR) is 125 cm³/mol. The van der Waals surface area contributed by atoms with Crippen LogP contribution < -0.4 is 10.6 Å². The van der Waals surface area contributed by atoms with Crippen LogP contribution in [-0.4, -0.2) is 59.9 Å². The number of urea groups is 1. The van der Waals surface area contributed by atoms with Crippen molar-refractivity contribution in [2.24, 2.45) is 5.92 Å². The SMILES string of the molecule is CCc1ccc(C2CCC(C(=O)NCCCN3CCCC3=O)CN2C(=O)NC(C)C)cc1. The van der Waals surface area contributed by atoms with Crippen molar-refractivity contribution in [1.29, 1.82) is 0 Å². The summed E-state index contributed by atoms with van der Waals surface area (Å²) in [5.74, 6) is 0.000738. The van der Waals surface area contributed by atoms with Crippen LogP contribution in [-0.2, 0) is 16.0 Å². The molecule has 1 aromatic carbocycles. The van der Waals surface area contributed by atoms with E-state index in [1.165, 1.54) is 5.56 Å². The minimum Gasteiger partial charge on any atom is -0.356 e. The molecule has 2 saturated heterocycles. The van der Waals surface area contributed by atoms with Gasteiger partial charge in [0, 0.05) is 38.6 Å². The third-order valence-electron chi connectivity index (χ3n) is 6.47. The molecule has 2 atom stereocenters. The lowest BCUT2D eigenvalue weighted by Gasteiger charge is -2.40. The van der Waals surface area contributed by atoms with Gasteiger partial charge in [0.05, 0.1) is 12.0 Å². The Labute approximate surface area is 191 Å². The maximum Gasteiger partial charge on any atom is 0.318 e. The minimum absolute atomic E-state index is 0.000115. The van der Waals surface area contributed by atoms with Crippen molar-refractivity contribution in [2.75, 3.05) is 26.2 Å². The Kier molecular flexibility index (Phi) is 8.53. The highest BCUT2D eigenvalue weighted by Gasteiger charge is 2.35. The maximum absolute atomic E-state index is 13.0. The lowest BCUT2D eigenvalue weighted by atomic mass is 9.88. The van der Waals surface area contributed by atoms with Crippen molar-refractivity contribution >= 4 is 17.8 Å². The fourth-order valence-electron chi connectivity index (χ4n) is 4.63. The summed E-state index contributed by atoms with van der Waals surface area (Å²) in [4.78, 5) is 41.2. The molecule has 2 N–H and O–H groups in total. The number of aryl methyl sites for hydroxylation is 1. The van der Waals surface area contributed by atoms with Gasteiger partial charge in [0.2, 0.25) is 11.8 Å². The van der Waals surface area contributed by atoms with Crippen molar-refractivity contribution in [2.45, 2.75) is 71.4 Å². The van der Waals surface area contributed by atoms with Gasteiger partial charge in [0.25, 0.3) is 0 Å². The van der Waals surface area contributed by atoms with E-state index in [1.807, 2.05) is 23.6 Å². The largest absolute Gasteiger partial charge is 0.356 e. The average Bonchev–Trinajstić information content (AvgIpc) is 3.20. The number of hydrogen-bond acceptors (Lipinski definition) is 3. The van der Waals surface area contributed by atoms with Crippen LogP contribution in [0, 0.1) is 5.92 Å². The van der Waals surface area contributed by atoms with Crippen LogP contribution in [0.2, 0.25) is 0 Å². The first-order valence-electron chi connectivity index (χ1n) is 12.1. The van der Waals surface area contributed by atoms with Gasteiger partial charge in [-0.2, -0.15) is 0 Å². The molecule has 7 nitrogen and oxygen atoms in total. The fraction of sp³-hybridized carbons (Fsp3) is 0.640. The van der Waals surface area contributed by atoms with Crippen LogP contribution >= 0.6 is 0 Å². The molecule has 0 saturated carbocycles. The second kappa shape index (κ2) is 11.3. The summed E-state index contributed by atoms with van der Waals surface area (Å²) in [6.07, 6.45) is 4.83. The molecular weight excluding hydrogens is 404 g/mol. The van der Waals surface area contributed by atoms with Crippen LogP contribution in [0.1, 0.15) is 70.0 Å². The summed E-state index contributed by atoms with van der Waals surface area (Å²) >= 11 is 0. The summed E-state index contributed by atoms with van der Waals surface area (Å²) in [5.41, 5.74) is 2.39. The molecule has 32 heavy (non-hydrogen) atoms. The molecular formula is C25H38N4O3. The molecule has 7 heteroatoms. The molecule has 0 spiro atoms. The van der Waals surface area contributed by atoms with Gasteiger partial charge in [0.15, 0.2) is 0 Å². The van der Waals surface area contributed by atoms with E-state index < -0.39 is 0 Å². The summed E-state index contributed by atoms with van der Waals surface area (Å²) < 4.78 is 0. The van der Waals surface area contributed by atoms with Crippen LogP contribution in [0.4, 0.5) is 4.79 Å². The van der Waals surface area contributed by atoms with E-state index in [0.29, 0.717) is 26.1 Å². The molecule has 0 aromatic heterocycles. The van der Waals surface area contributed by atoms with Gasteiger partial charge >= 0.3 is 6.03 Å². The standard InChI is InChI=1S/C25H38N4O3/c1-4-19-8-10-20(11-9-19)22-13-12-21(17-29(22)25(32)27-18(2)3)24(31)26-14-6-16-28-15-5-7-23(28)30/h8-11,18,21-22H,4-7,12-17H2,1-3H3,(H,26,31)(H,27,32). The van der Waals surface area contributed by atoms with E-state index in [-0.39, 0.29) is 35.8 Å². The molecule has 2 fully saturated rings. The highest BCUT2D eigenvalue weighted by atomic mass is 16.2. The molecule has 2 aliphatic heterocycles. The Bertz CT molecular complexity index is 793. The molecule has 0 radical (unpaired) electrons. The summed E-state index contributed by atoms with van der Waals surface area (Å²) in [6.45, 7) is 8.52. The second-order valence-corrected chi connectivity index (χ2v) is 9.27. The van der Waals surface area contributed by atoms with Crippen LogP contribution in [0.5, 0.6) is 0 Å². The van der Waals surface area contributed by atoms with Gasteiger partial charge in [-0.05, 0) is 57.1 Å². The van der Waals surface area contributed by atoms with E-state index in [1.54, 1.807) is 0 Å². The Morgan fingerprint density at radius 2 is 1.91 bits per heavy atom. The first kappa shape index (κ1) is 24.1. The number of amides is 4. The van der Waals surface area contributed by atoms with Gasteiger partial charge in [-0.3, -0.25) is 9.59 Å². The van der Waals surface area contributed by atoms with Crippen molar-refractivity contribution in [1.82, 2.24) is 20.4 Å². The number of carbonyl (C=O) groups excluding carboxylic acids is 3. The summed E-state index contributed by atoms with van der Waals surface area (Å²) in [5, 5.41) is 6.03. The lowest BCUT2D eigenvalue weighted by molar-refractivity contribution is -0.127. The van der Waals surface area contributed by atoms with Gasteiger partial charge < -0.3 is 20.4 Å². The van der Waals surface area contributed by atoms with E-state index in [9.17, 15) is 14.4 Å². The highest BCUT2D eigenvalue weighted by Crippen LogP contribution is 2.34. The molecule has 2 aliphatic rings. The maximum atomic E-state index is 13.0. The third kappa shape index (κ3) is 6.24. The minimum atomic E-state index is -0.215.